The molecule has 3 rings (SSSR count). The maximum Gasteiger partial charge on any atom is 0.309 e. The summed E-state index contributed by atoms with van der Waals surface area (Å²) in [5, 5.41) is 1.30. The van der Waals surface area contributed by atoms with Gasteiger partial charge in [-0.1, -0.05) is 26.0 Å². The van der Waals surface area contributed by atoms with Gasteiger partial charge < -0.3 is 9.47 Å². The molecule has 0 spiro atoms. The molecule has 0 N–H and O–H groups in total. The average molecular weight is 375 g/mol. The van der Waals surface area contributed by atoms with Gasteiger partial charge >= 0.3 is 5.97 Å². The van der Waals surface area contributed by atoms with Crippen molar-refractivity contribution in [1.29, 1.82) is 0 Å². The van der Waals surface area contributed by atoms with Gasteiger partial charge in [-0.3, -0.25) is 4.79 Å². The van der Waals surface area contributed by atoms with E-state index >= 15 is 0 Å². The Balaban J connectivity index is 1.66. The van der Waals surface area contributed by atoms with E-state index in [0.29, 0.717) is 11.7 Å². The van der Waals surface area contributed by atoms with Gasteiger partial charge in [0.25, 0.3) is 0 Å². The highest BCUT2D eigenvalue weighted by molar-refractivity contribution is 7.99. The Morgan fingerprint density at radius 3 is 2.88 bits per heavy atom. The summed E-state index contributed by atoms with van der Waals surface area (Å²) in [7, 11) is 1.37. The average Bonchev–Trinajstić information content (AvgIpc) is 3.41. The number of thioether (sulfide) groups is 1. The zero-order valence-corrected chi connectivity index (χ0v) is 15.9. The van der Waals surface area contributed by atoms with E-state index in [0.717, 1.165) is 16.2 Å². The third-order valence-electron chi connectivity index (χ3n) is 4.26. The summed E-state index contributed by atoms with van der Waals surface area (Å²) in [5.41, 5.74) is 1.74. The summed E-state index contributed by atoms with van der Waals surface area (Å²) in [4.78, 5) is 15.9. The molecule has 1 aromatic heterocycles. The topological polar surface area (TPSA) is 48.4 Å². The first-order chi connectivity index (χ1) is 12.5. The largest absolute Gasteiger partial charge is 0.486 e. The van der Waals surface area contributed by atoms with E-state index in [9.17, 15) is 9.18 Å². The molecular formula is C20H22FNO3S. The molecule has 1 aliphatic carbocycles. The summed E-state index contributed by atoms with van der Waals surface area (Å²) in [5.74, 6) is -0.564. The van der Waals surface area contributed by atoms with Crippen LogP contribution >= 0.6 is 11.8 Å². The Labute approximate surface area is 157 Å². The predicted octanol–water partition coefficient (Wildman–Crippen LogP) is 4.58. The number of hydrogen-bond donors (Lipinski definition) is 0. The lowest BCUT2D eigenvalue weighted by Crippen LogP contribution is -2.04. The molecule has 2 aromatic rings. The molecule has 2 unspecified atom stereocenters. The number of ether oxygens (including phenoxy) is 2. The molecule has 4 nitrogen and oxygen atoms in total. The summed E-state index contributed by atoms with van der Waals surface area (Å²) >= 11 is 1.66. The van der Waals surface area contributed by atoms with Crippen LogP contribution in [0, 0.1) is 11.7 Å². The number of carbonyl (C=O) groups is 1. The van der Waals surface area contributed by atoms with Crippen LogP contribution in [0.5, 0.6) is 5.75 Å². The molecule has 0 radical (unpaired) electrons. The quantitative estimate of drug-likeness (QED) is 0.524. The van der Waals surface area contributed by atoms with E-state index in [4.69, 9.17) is 9.47 Å². The van der Waals surface area contributed by atoms with E-state index in [1.54, 1.807) is 24.0 Å². The van der Waals surface area contributed by atoms with E-state index < -0.39 is 5.82 Å². The highest BCUT2D eigenvalue weighted by Crippen LogP contribution is 2.48. The summed E-state index contributed by atoms with van der Waals surface area (Å²) < 4.78 is 24.8. The highest BCUT2D eigenvalue weighted by atomic mass is 32.2. The van der Waals surface area contributed by atoms with E-state index in [-0.39, 0.29) is 30.2 Å². The molecule has 138 valence electrons. The lowest BCUT2D eigenvalue weighted by molar-refractivity contribution is -0.142. The highest BCUT2D eigenvalue weighted by Gasteiger charge is 2.45. The van der Waals surface area contributed by atoms with Crippen molar-refractivity contribution in [2.45, 2.75) is 43.1 Å². The fraction of sp³-hybridized carbons (Fsp3) is 0.400. The number of carbonyl (C=O) groups excluding carboxylic acids is 1. The Bertz CT molecular complexity index is 796. The van der Waals surface area contributed by atoms with Crippen LogP contribution in [0.2, 0.25) is 0 Å². The van der Waals surface area contributed by atoms with Crippen molar-refractivity contribution in [3.8, 4) is 5.75 Å². The molecule has 1 aliphatic rings. The third kappa shape index (κ3) is 4.36. The number of hydrogen-bond acceptors (Lipinski definition) is 5. The summed E-state index contributed by atoms with van der Waals surface area (Å²) in [6, 6.07) is 8.69. The lowest BCUT2D eigenvalue weighted by Gasteiger charge is -2.12. The molecule has 0 amide bonds. The molecule has 0 aliphatic heterocycles. The Hall–Kier alpha value is -2.08. The first kappa shape index (κ1) is 18.7. The number of methoxy groups -OCH3 is 1. The Morgan fingerprint density at radius 1 is 1.38 bits per heavy atom. The molecule has 1 heterocycles. The smallest absolute Gasteiger partial charge is 0.309 e. The van der Waals surface area contributed by atoms with Crippen LogP contribution in [-0.4, -0.2) is 23.3 Å². The van der Waals surface area contributed by atoms with E-state index in [1.165, 1.54) is 13.2 Å². The number of benzene rings is 1. The molecule has 0 bridgehead atoms. The van der Waals surface area contributed by atoms with E-state index in [1.807, 2.05) is 18.2 Å². The molecule has 2 atom stereocenters. The maximum atomic E-state index is 14.4. The first-order valence-electron chi connectivity index (χ1n) is 8.60. The van der Waals surface area contributed by atoms with Gasteiger partial charge in [0.15, 0.2) is 11.6 Å². The van der Waals surface area contributed by atoms with Crippen LogP contribution in [0.4, 0.5) is 4.39 Å². The van der Waals surface area contributed by atoms with Crippen molar-refractivity contribution >= 4 is 17.7 Å². The Kier molecular flexibility index (Phi) is 5.81. The number of esters is 1. The number of nitrogens with zero attached hydrogens (tertiary/aromatic N) is 1. The molecule has 0 saturated heterocycles. The van der Waals surface area contributed by atoms with Crippen molar-refractivity contribution in [2.24, 2.45) is 5.92 Å². The second-order valence-corrected chi connectivity index (χ2v) is 8.15. The monoisotopic (exact) mass is 375 g/mol. The standard InChI is InChI=1S/C20H22FNO3S/c1-12(2)26-19-14(5-4-8-22-19)11-25-18-7-6-13(9-17(18)21)15-10-16(15)20(23)24-3/h4-9,12,15-16H,10-11H2,1-3H3. The predicted molar refractivity (Wildman–Crippen MR) is 98.8 cm³/mol. The lowest BCUT2D eigenvalue weighted by atomic mass is 10.1. The second-order valence-electron chi connectivity index (χ2n) is 6.58. The van der Waals surface area contributed by atoms with Crippen LogP contribution in [0.25, 0.3) is 0 Å². The summed E-state index contributed by atoms with van der Waals surface area (Å²) in [6.07, 6.45) is 2.45. The van der Waals surface area contributed by atoms with Crippen LogP contribution in [-0.2, 0) is 16.1 Å². The van der Waals surface area contributed by atoms with Crippen LogP contribution in [0.1, 0.15) is 37.3 Å². The van der Waals surface area contributed by atoms with Crippen molar-refractivity contribution in [2.75, 3.05) is 7.11 Å². The minimum Gasteiger partial charge on any atom is -0.486 e. The van der Waals surface area contributed by atoms with Gasteiger partial charge in [0.2, 0.25) is 0 Å². The molecule has 6 heteroatoms. The van der Waals surface area contributed by atoms with Crippen molar-refractivity contribution in [3.63, 3.8) is 0 Å². The fourth-order valence-electron chi connectivity index (χ4n) is 2.86. The number of aromatic nitrogens is 1. The van der Waals surface area contributed by atoms with Crippen LogP contribution in [0.15, 0.2) is 41.6 Å². The van der Waals surface area contributed by atoms with Crippen molar-refractivity contribution in [1.82, 2.24) is 4.98 Å². The second kappa shape index (κ2) is 8.08. The van der Waals surface area contributed by atoms with Gasteiger partial charge in [0.1, 0.15) is 11.6 Å². The first-order valence-corrected chi connectivity index (χ1v) is 9.48. The fourth-order valence-corrected chi connectivity index (χ4v) is 3.71. The van der Waals surface area contributed by atoms with Gasteiger partial charge in [0, 0.05) is 17.0 Å². The van der Waals surface area contributed by atoms with Gasteiger partial charge in [-0.25, -0.2) is 9.37 Å². The zero-order valence-electron chi connectivity index (χ0n) is 15.1. The molecule has 1 aromatic carbocycles. The number of pyridine rings is 1. The molecule has 26 heavy (non-hydrogen) atoms. The van der Waals surface area contributed by atoms with E-state index in [2.05, 4.69) is 18.8 Å². The van der Waals surface area contributed by atoms with Crippen molar-refractivity contribution in [3.05, 3.63) is 53.5 Å². The van der Waals surface area contributed by atoms with Gasteiger partial charge in [0.05, 0.1) is 13.0 Å². The normalized spacial score (nSPS) is 18.7. The summed E-state index contributed by atoms with van der Waals surface area (Å²) in [6.45, 7) is 4.46. The van der Waals surface area contributed by atoms with Crippen LogP contribution < -0.4 is 4.74 Å². The third-order valence-corrected chi connectivity index (χ3v) is 5.32. The van der Waals surface area contributed by atoms with Crippen LogP contribution in [0.3, 0.4) is 0 Å². The minimum atomic E-state index is -0.417. The SMILES string of the molecule is COC(=O)C1CC1c1ccc(OCc2cccnc2SC(C)C)c(F)c1. The zero-order chi connectivity index (χ0) is 18.7. The molecular weight excluding hydrogens is 353 g/mol. The number of halogens is 1. The molecule has 1 fully saturated rings. The van der Waals surface area contributed by atoms with Crippen molar-refractivity contribution < 1.29 is 18.7 Å². The van der Waals surface area contributed by atoms with Gasteiger partial charge in [-0.2, -0.15) is 0 Å². The maximum absolute atomic E-state index is 14.4. The Morgan fingerprint density at radius 2 is 2.19 bits per heavy atom. The van der Waals surface area contributed by atoms with Gasteiger partial charge in [-0.05, 0) is 36.1 Å². The number of rotatable bonds is 7. The molecule has 1 saturated carbocycles. The minimum absolute atomic E-state index is 0.0402. The van der Waals surface area contributed by atoms with Gasteiger partial charge in [-0.15, -0.1) is 11.8 Å².